The fourth-order valence-electron chi connectivity index (χ4n) is 2.52. The van der Waals surface area contributed by atoms with E-state index in [0.717, 1.165) is 17.9 Å². The van der Waals surface area contributed by atoms with E-state index in [1.165, 1.54) is 12.2 Å². The molecule has 20 heavy (non-hydrogen) atoms. The third-order valence-corrected chi connectivity index (χ3v) is 4.77. The van der Waals surface area contributed by atoms with Crippen molar-refractivity contribution in [2.45, 2.75) is 25.9 Å². The fourth-order valence-corrected chi connectivity index (χ4v) is 3.82. The van der Waals surface area contributed by atoms with Crippen LogP contribution in [0.1, 0.15) is 18.9 Å². The van der Waals surface area contributed by atoms with Gasteiger partial charge in [-0.15, -0.1) is 0 Å². The maximum Gasteiger partial charge on any atom is 0.292 e. The molecule has 0 radical (unpaired) electrons. The molecule has 2 rings (SSSR count). The van der Waals surface area contributed by atoms with Gasteiger partial charge in [-0.3, -0.25) is 15.0 Å². The standard InChI is InChI=1S/C14H21N3O2S/c1-3-15-14-11(5-4-6-13(14)17(18)19)9-16(2)12-7-8-20-10-12/h4-6,12,15H,3,7-10H2,1-2H3. The van der Waals surface area contributed by atoms with E-state index in [0.29, 0.717) is 18.3 Å². The number of rotatable bonds is 6. The Hall–Kier alpha value is -1.27. The number of benzene rings is 1. The third-order valence-electron chi connectivity index (χ3n) is 3.63. The average Bonchev–Trinajstić information content (AvgIpc) is 2.94. The van der Waals surface area contributed by atoms with E-state index in [-0.39, 0.29) is 10.6 Å². The van der Waals surface area contributed by atoms with Crippen LogP contribution in [0.3, 0.4) is 0 Å². The lowest BCUT2D eigenvalue weighted by Crippen LogP contribution is -2.31. The van der Waals surface area contributed by atoms with Crippen molar-refractivity contribution in [2.75, 3.05) is 30.4 Å². The quantitative estimate of drug-likeness (QED) is 0.646. The van der Waals surface area contributed by atoms with Gasteiger partial charge < -0.3 is 5.32 Å². The molecule has 1 fully saturated rings. The number of nitro groups is 1. The zero-order valence-corrected chi connectivity index (χ0v) is 12.8. The molecule has 0 aromatic heterocycles. The van der Waals surface area contributed by atoms with E-state index < -0.39 is 0 Å². The lowest BCUT2D eigenvalue weighted by Gasteiger charge is -2.24. The van der Waals surface area contributed by atoms with Crippen LogP contribution >= 0.6 is 11.8 Å². The minimum atomic E-state index is -0.313. The molecule has 0 saturated carbocycles. The number of para-hydroxylation sites is 1. The first kappa shape index (κ1) is 15.1. The molecule has 1 aromatic carbocycles. The van der Waals surface area contributed by atoms with Crippen molar-refractivity contribution >= 4 is 23.1 Å². The van der Waals surface area contributed by atoms with Crippen LogP contribution in [0.25, 0.3) is 0 Å². The maximum atomic E-state index is 11.1. The van der Waals surface area contributed by atoms with E-state index in [2.05, 4.69) is 17.3 Å². The molecule has 0 amide bonds. The van der Waals surface area contributed by atoms with Gasteiger partial charge in [-0.05, 0) is 31.7 Å². The molecule has 1 saturated heterocycles. The number of nitrogens with zero attached hydrogens (tertiary/aromatic N) is 2. The van der Waals surface area contributed by atoms with Gasteiger partial charge in [0, 0.05) is 31.0 Å². The normalized spacial score (nSPS) is 18.4. The summed E-state index contributed by atoms with van der Waals surface area (Å²) in [4.78, 5) is 13.1. The zero-order chi connectivity index (χ0) is 14.5. The van der Waals surface area contributed by atoms with Gasteiger partial charge in [-0.1, -0.05) is 12.1 Å². The Labute approximate surface area is 123 Å². The largest absolute Gasteiger partial charge is 0.380 e. The van der Waals surface area contributed by atoms with Crippen LogP contribution in [-0.2, 0) is 6.54 Å². The molecule has 110 valence electrons. The monoisotopic (exact) mass is 295 g/mol. The Balaban J connectivity index is 2.21. The minimum absolute atomic E-state index is 0.165. The second-order valence-corrected chi connectivity index (χ2v) is 6.18. The summed E-state index contributed by atoms with van der Waals surface area (Å²) in [6.45, 7) is 3.38. The number of nitrogens with one attached hydrogen (secondary N) is 1. The molecule has 1 unspecified atom stereocenters. The van der Waals surface area contributed by atoms with Gasteiger partial charge in [-0.25, -0.2) is 0 Å². The van der Waals surface area contributed by atoms with Gasteiger partial charge in [-0.2, -0.15) is 11.8 Å². The predicted octanol–water partition coefficient (Wildman–Crippen LogP) is 2.96. The van der Waals surface area contributed by atoms with Gasteiger partial charge in [0.05, 0.1) is 4.92 Å². The Bertz CT molecular complexity index is 475. The topological polar surface area (TPSA) is 58.4 Å². The van der Waals surface area contributed by atoms with Gasteiger partial charge in [0.25, 0.3) is 5.69 Å². The average molecular weight is 295 g/mol. The van der Waals surface area contributed by atoms with Gasteiger partial charge in [0.2, 0.25) is 0 Å². The van der Waals surface area contributed by atoms with Crippen molar-refractivity contribution in [3.63, 3.8) is 0 Å². The summed E-state index contributed by atoms with van der Waals surface area (Å²) in [5, 5.41) is 14.3. The predicted molar refractivity (Wildman–Crippen MR) is 84.5 cm³/mol. The van der Waals surface area contributed by atoms with Gasteiger partial charge >= 0.3 is 0 Å². The Kier molecular flexibility index (Phi) is 5.25. The molecule has 1 heterocycles. The molecule has 1 N–H and O–H groups in total. The summed E-state index contributed by atoms with van der Waals surface area (Å²) in [7, 11) is 2.10. The summed E-state index contributed by atoms with van der Waals surface area (Å²) in [5.74, 6) is 2.37. The molecule has 1 aliphatic heterocycles. The summed E-state index contributed by atoms with van der Waals surface area (Å²) in [5.41, 5.74) is 1.83. The highest BCUT2D eigenvalue weighted by Crippen LogP contribution is 2.30. The number of anilines is 1. The summed E-state index contributed by atoms with van der Waals surface area (Å²) >= 11 is 1.98. The highest BCUT2D eigenvalue weighted by Gasteiger charge is 2.23. The number of thioether (sulfide) groups is 1. The molecule has 5 nitrogen and oxygen atoms in total. The summed E-state index contributed by atoms with van der Waals surface area (Å²) < 4.78 is 0. The van der Waals surface area contributed by atoms with Crippen molar-refractivity contribution in [1.29, 1.82) is 0 Å². The molecule has 0 bridgehead atoms. The SMILES string of the molecule is CCNc1c(CN(C)C2CCSC2)cccc1[N+](=O)[O-]. The van der Waals surface area contributed by atoms with Crippen molar-refractivity contribution < 1.29 is 4.92 Å². The van der Waals surface area contributed by atoms with E-state index in [1.807, 2.05) is 24.8 Å². The molecule has 1 aliphatic rings. The molecular weight excluding hydrogens is 274 g/mol. The number of hydrogen-bond acceptors (Lipinski definition) is 5. The molecule has 1 aromatic rings. The lowest BCUT2D eigenvalue weighted by molar-refractivity contribution is -0.384. The van der Waals surface area contributed by atoms with E-state index in [4.69, 9.17) is 0 Å². The first-order valence-corrected chi connectivity index (χ1v) is 8.07. The first-order valence-electron chi connectivity index (χ1n) is 6.91. The molecule has 1 atom stereocenters. The van der Waals surface area contributed by atoms with E-state index in [1.54, 1.807) is 12.1 Å². The van der Waals surface area contributed by atoms with Crippen LogP contribution in [0.2, 0.25) is 0 Å². The van der Waals surface area contributed by atoms with Crippen LogP contribution in [-0.4, -0.2) is 41.0 Å². The summed E-state index contributed by atoms with van der Waals surface area (Å²) in [6.07, 6.45) is 1.20. The molecular formula is C14H21N3O2S. The Morgan fingerprint density at radius 3 is 2.95 bits per heavy atom. The fraction of sp³-hybridized carbons (Fsp3) is 0.571. The van der Waals surface area contributed by atoms with E-state index in [9.17, 15) is 10.1 Å². The third kappa shape index (κ3) is 3.43. The van der Waals surface area contributed by atoms with Crippen molar-refractivity contribution in [3.05, 3.63) is 33.9 Å². The van der Waals surface area contributed by atoms with Crippen molar-refractivity contribution in [2.24, 2.45) is 0 Å². The highest BCUT2D eigenvalue weighted by atomic mass is 32.2. The van der Waals surface area contributed by atoms with Gasteiger partial charge in [0.1, 0.15) is 5.69 Å². The van der Waals surface area contributed by atoms with Gasteiger partial charge in [0.15, 0.2) is 0 Å². The molecule has 0 aliphatic carbocycles. The molecule has 0 spiro atoms. The lowest BCUT2D eigenvalue weighted by atomic mass is 10.1. The Morgan fingerprint density at radius 1 is 1.55 bits per heavy atom. The number of nitro benzene ring substituents is 1. The maximum absolute atomic E-state index is 11.1. The first-order chi connectivity index (χ1) is 9.63. The number of hydrogen-bond donors (Lipinski definition) is 1. The second kappa shape index (κ2) is 6.95. The minimum Gasteiger partial charge on any atom is -0.380 e. The Morgan fingerprint density at radius 2 is 2.35 bits per heavy atom. The van der Waals surface area contributed by atoms with Crippen LogP contribution in [0.15, 0.2) is 18.2 Å². The zero-order valence-electron chi connectivity index (χ0n) is 12.0. The molecule has 6 heteroatoms. The van der Waals surface area contributed by atoms with Crippen molar-refractivity contribution in [1.82, 2.24) is 4.90 Å². The van der Waals surface area contributed by atoms with Crippen molar-refractivity contribution in [3.8, 4) is 0 Å². The van der Waals surface area contributed by atoms with Crippen LogP contribution in [0, 0.1) is 10.1 Å². The van der Waals surface area contributed by atoms with Crippen LogP contribution < -0.4 is 5.32 Å². The second-order valence-electron chi connectivity index (χ2n) is 5.03. The van der Waals surface area contributed by atoms with E-state index >= 15 is 0 Å². The van der Waals surface area contributed by atoms with Crippen LogP contribution in [0.4, 0.5) is 11.4 Å². The summed E-state index contributed by atoms with van der Waals surface area (Å²) in [6, 6.07) is 5.89. The highest BCUT2D eigenvalue weighted by molar-refractivity contribution is 7.99. The van der Waals surface area contributed by atoms with Crippen LogP contribution in [0.5, 0.6) is 0 Å². The smallest absolute Gasteiger partial charge is 0.292 e.